The van der Waals surface area contributed by atoms with Crippen molar-refractivity contribution in [1.29, 1.82) is 0 Å². The smallest absolute Gasteiger partial charge is 0.336 e. The van der Waals surface area contributed by atoms with E-state index < -0.39 is 5.97 Å². The van der Waals surface area contributed by atoms with Crippen LogP contribution in [0.2, 0.25) is 0 Å². The molecule has 0 unspecified atom stereocenters. The fraction of sp³-hybridized carbons (Fsp3) is 0.250. The monoisotopic (exact) mass is 237 g/mol. The lowest BCUT2D eigenvalue weighted by atomic mass is 10.1. The summed E-state index contributed by atoms with van der Waals surface area (Å²) in [7, 11) is 2.95. The van der Waals surface area contributed by atoms with E-state index in [1.165, 1.54) is 20.3 Å². The highest BCUT2D eigenvalue weighted by molar-refractivity contribution is 5.93. The number of ether oxygens (including phenoxy) is 2. The van der Waals surface area contributed by atoms with E-state index in [-0.39, 0.29) is 5.56 Å². The fourth-order valence-electron chi connectivity index (χ4n) is 1.41. The van der Waals surface area contributed by atoms with Gasteiger partial charge in [-0.15, -0.1) is 0 Å². The lowest BCUT2D eigenvalue weighted by Crippen LogP contribution is -2.02. The van der Waals surface area contributed by atoms with Crippen LogP contribution in [0.5, 0.6) is 11.5 Å². The molecule has 5 heteroatoms. The number of nitrogens with two attached hydrogens (primary N) is 1. The van der Waals surface area contributed by atoms with Gasteiger partial charge in [-0.25, -0.2) is 4.79 Å². The number of carbonyl (C=O) groups is 1. The molecule has 1 aromatic rings. The second kappa shape index (κ2) is 5.91. The van der Waals surface area contributed by atoms with E-state index in [9.17, 15) is 4.79 Å². The van der Waals surface area contributed by atoms with Gasteiger partial charge in [-0.1, -0.05) is 12.2 Å². The second-order valence-corrected chi connectivity index (χ2v) is 3.24. The first-order valence-corrected chi connectivity index (χ1v) is 5.00. The van der Waals surface area contributed by atoms with Crippen molar-refractivity contribution in [2.45, 2.75) is 0 Å². The maximum atomic E-state index is 11.1. The predicted octanol–water partition coefficient (Wildman–Crippen LogP) is 1.37. The molecule has 5 nitrogen and oxygen atoms in total. The van der Waals surface area contributed by atoms with E-state index in [1.54, 1.807) is 18.2 Å². The van der Waals surface area contributed by atoms with Crippen molar-refractivity contribution >= 4 is 12.0 Å². The molecule has 3 N–H and O–H groups in total. The Kier molecular flexibility index (Phi) is 4.54. The lowest BCUT2D eigenvalue weighted by Gasteiger charge is -2.10. The summed E-state index contributed by atoms with van der Waals surface area (Å²) in [6, 6.07) is 3.03. The Balaban J connectivity index is 3.34. The number of carboxylic acid groups (broad SMARTS) is 1. The molecule has 0 radical (unpaired) electrons. The molecular weight excluding hydrogens is 222 g/mol. The van der Waals surface area contributed by atoms with Gasteiger partial charge in [-0.05, 0) is 17.7 Å². The van der Waals surface area contributed by atoms with Crippen LogP contribution in [0.1, 0.15) is 15.9 Å². The van der Waals surface area contributed by atoms with Crippen molar-refractivity contribution in [1.82, 2.24) is 0 Å². The number of aromatic carboxylic acids is 1. The molecule has 0 saturated carbocycles. The van der Waals surface area contributed by atoms with Crippen LogP contribution >= 0.6 is 0 Å². The van der Waals surface area contributed by atoms with E-state index in [0.717, 1.165) is 0 Å². The Labute approximate surface area is 99.5 Å². The van der Waals surface area contributed by atoms with Gasteiger partial charge < -0.3 is 20.3 Å². The average Bonchev–Trinajstić information content (AvgIpc) is 2.34. The molecule has 0 aromatic heterocycles. The van der Waals surface area contributed by atoms with Gasteiger partial charge in [-0.2, -0.15) is 0 Å². The first-order chi connectivity index (χ1) is 8.13. The highest BCUT2D eigenvalue weighted by Gasteiger charge is 2.14. The number of hydrogen-bond donors (Lipinski definition) is 2. The molecule has 0 atom stereocenters. The molecule has 0 fully saturated rings. The fourth-order valence-corrected chi connectivity index (χ4v) is 1.41. The minimum Gasteiger partial charge on any atom is -0.493 e. The van der Waals surface area contributed by atoms with Gasteiger partial charge in [0, 0.05) is 6.54 Å². The summed E-state index contributed by atoms with van der Waals surface area (Å²) in [4.78, 5) is 11.1. The minimum absolute atomic E-state index is 0.146. The van der Waals surface area contributed by atoms with Crippen LogP contribution in [0, 0.1) is 0 Å². The standard InChI is InChI=1S/C12H15NO4/c1-16-10-6-8(4-3-5-13)9(12(14)15)7-11(10)17-2/h3-4,6-7H,5,13H2,1-2H3,(H,14,15). The van der Waals surface area contributed by atoms with Crippen molar-refractivity contribution in [2.75, 3.05) is 20.8 Å². The van der Waals surface area contributed by atoms with Crippen molar-refractivity contribution in [3.05, 3.63) is 29.3 Å². The molecule has 0 aliphatic rings. The molecule has 0 aliphatic carbocycles. The molecule has 0 spiro atoms. The van der Waals surface area contributed by atoms with E-state index in [1.807, 2.05) is 0 Å². The minimum atomic E-state index is -1.03. The van der Waals surface area contributed by atoms with E-state index in [0.29, 0.717) is 23.6 Å². The van der Waals surface area contributed by atoms with Crippen molar-refractivity contribution in [2.24, 2.45) is 5.73 Å². The summed E-state index contributed by atoms with van der Waals surface area (Å²) in [6.07, 6.45) is 3.32. The zero-order chi connectivity index (χ0) is 12.8. The first-order valence-electron chi connectivity index (χ1n) is 5.00. The van der Waals surface area contributed by atoms with Crippen LogP contribution < -0.4 is 15.2 Å². The number of hydrogen-bond acceptors (Lipinski definition) is 4. The van der Waals surface area contributed by atoms with Crippen molar-refractivity contribution in [3.8, 4) is 11.5 Å². The predicted molar refractivity (Wildman–Crippen MR) is 64.6 cm³/mol. The third-order valence-electron chi connectivity index (χ3n) is 2.22. The number of carboxylic acids is 1. The SMILES string of the molecule is COc1cc(C=CCN)c(C(=O)O)cc1OC. The van der Waals surface area contributed by atoms with Crippen molar-refractivity contribution < 1.29 is 19.4 Å². The Morgan fingerprint density at radius 1 is 1.35 bits per heavy atom. The summed E-state index contributed by atoms with van der Waals surface area (Å²) in [5.41, 5.74) is 6.01. The summed E-state index contributed by atoms with van der Waals surface area (Å²) in [6.45, 7) is 0.341. The van der Waals surface area contributed by atoms with Gasteiger partial charge in [-0.3, -0.25) is 0 Å². The van der Waals surface area contributed by atoms with Crippen LogP contribution in [0.4, 0.5) is 0 Å². The summed E-state index contributed by atoms with van der Waals surface area (Å²) in [5, 5.41) is 9.09. The third kappa shape index (κ3) is 2.98. The zero-order valence-corrected chi connectivity index (χ0v) is 9.77. The average molecular weight is 237 g/mol. The Morgan fingerprint density at radius 2 is 1.94 bits per heavy atom. The first kappa shape index (κ1) is 13.1. The molecule has 0 saturated heterocycles. The maximum absolute atomic E-state index is 11.1. The Hall–Kier alpha value is -2.01. The zero-order valence-electron chi connectivity index (χ0n) is 9.77. The Bertz CT molecular complexity index is 440. The molecule has 0 heterocycles. The summed E-state index contributed by atoms with van der Waals surface area (Å²) in [5.74, 6) is -0.161. The van der Waals surface area contributed by atoms with Crippen LogP contribution in [0.15, 0.2) is 18.2 Å². The van der Waals surface area contributed by atoms with Gasteiger partial charge in [0.2, 0.25) is 0 Å². The lowest BCUT2D eigenvalue weighted by molar-refractivity contribution is 0.0696. The van der Waals surface area contributed by atoms with Crippen LogP contribution in [0.25, 0.3) is 6.08 Å². The topological polar surface area (TPSA) is 81.8 Å². The highest BCUT2D eigenvalue weighted by atomic mass is 16.5. The van der Waals surface area contributed by atoms with E-state index >= 15 is 0 Å². The molecule has 92 valence electrons. The maximum Gasteiger partial charge on any atom is 0.336 e. The largest absolute Gasteiger partial charge is 0.493 e. The van der Waals surface area contributed by atoms with E-state index in [2.05, 4.69) is 0 Å². The molecular formula is C12H15NO4. The van der Waals surface area contributed by atoms with Gasteiger partial charge >= 0.3 is 5.97 Å². The number of rotatable bonds is 5. The van der Waals surface area contributed by atoms with Crippen molar-refractivity contribution in [3.63, 3.8) is 0 Å². The number of benzene rings is 1. The normalized spacial score (nSPS) is 10.5. The third-order valence-corrected chi connectivity index (χ3v) is 2.22. The summed E-state index contributed by atoms with van der Waals surface area (Å²) < 4.78 is 10.2. The van der Waals surface area contributed by atoms with Crippen LogP contribution in [-0.2, 0) is 0 Å². The molecule has 17 heavy (non-hydrogen) atoms. The highest BCUT2D eigenvalue weighted by Crippen LogP contribution is 2.31. The van der Waals surface area contributed by atoms with Gasteiger partial charge in [0.15, 0.2) is 11.5 Å². The Morgan fingerprint density at radius 3 is 2.41 bits per heavy atom. The molecule has 0 bridgehead atoms. The molecule has 1 aromatic carbocycles. The summed E-state index contributed by atoms with van der Waals surface area (Å²) >= 11 is 0. The second-order valence-electron chi connectivity index (χ2n) is 3.24. The molecule has 0 aliphatic heterocycles. The van der Waals surface area contributed by atoms with Crippen LogP contribution in [-0.4, -0.2) is 31.8 Å². The van der Waals surface area contributed by atoms with Crippen LogP contribution in [0.3, 0.4) is 0 Å². The quantitative estimate of drug-likeness (QED) is 0.808. The van der Waals surface area contributed by atoms with E-state index in [4.69, 9.17) is 20.3 Å². The van der Waals surface area contributed by atoms with Gasteiger partial charge in [0.1, 0.15) is 0 Å². The number of methoxy groups -OCH3 is 2. The van der Waals surface area contributed by atoms with Gasteiger partial charge in [0.05, 0.1) is 19.8 Å². The molecule has 0 amide bonds. The van der Waals surface area contributed by atoms with Gasteiger partial charge in [0.25, 0.3) is 0 Å². The molecule has 1 rings (SSSR count).